The van der Waals surface area contributed by atoms with Gasteiger partial charge in [0.1, 0.15) is 5.75 Å². The lowest BCUT2D eigenvalue weighted by Gasteiger charge is -2.37. The van der Waals surface area contributed by atoms with Crippen LogP contribution in [0.1, 0.15) is 54.6 Å². The number of phenols is 1. The summed E-state index contributed by atoms with van der Waals surface area (Å²) < 4.78 is 0. The van der Waals surface area contributed by atoms with Crippen LogP contribution in [0.25, 0.3) is 0 Å². The highest BCUT2D eigenvalue weighted by Gasteiger charge is 2.29. The number of nitrogens with zero attached hydrogens (tertiary/aromatic N) is 1. The van der Waals surface area contributed by atoms with Gasteiger partial charge in [0.15, 0.2) is 0 Å². The van der Waals surface area contributed by atoms with Crippen molar-refractivity contribution in [2.24, 2.45) is 5.73 Å². The number of aliphatic hydroxyl groups is 1. The quantitative estimate of drug-likeness (QED) is 0.559. The van der Waals surface area contributed by atoms with Gasteiger partial charge in [-0.1, -0.05) is 24.3 Å². The first kappa shape index (κ1) is 21.8. The van der Waals surface area contributed by atoms with E-state index >= 15 is 0 Å². The molecule has 0 radical (unpaired) electrons. The molecule has 2 aromatic rings. The summed E-state index contributed by atoms with van der Waals surface area (Å²) in [5.41, 5.74) is 6.66. The van der Waals surface area contributed by atoms with Crippen LogP contribution in [-0.2, 0) is 4.79 Å². The number of amides is 2. The number of anilines is 1. The Morgan fingerprint density at radius 2 is 1.93 bits per heavy atom. The van der Waals surface area contributed by atoms with E-state index < -0.39 is 12.0 Å². The van der Waals surface area contributed by atoms with Gasteiger partial charge >= 0.3 is 0 Å². The highest BCUT2D eigenvalue weighted by atomic mass is 16.3. The number of rotatable bonds is 7. The molecule has 7 heteroatoms. The number of carbonyl (C=O) groups excluding carboxylic acids is 2. The zero-order chi connectivity index (χ0) is 21.7. The average molecular weight is 412 g/mol. The van der Waals surface area contributed by atoms with Crippen LogP contribution < -0.4 is 16.0 Å². The van der Waals surface area contributed by atoms with E-state index in [0.29, 0.717) is 12.1 Å². The highest BCUT2D eigenvalue weighted by Crippen LogP contribution is 2.28. The third-order valence-electron chi connectivity index (χ3n) is 5.66. The van der Waals surface area contributed by atoms with Crippen LogP contribution in [-0.4, -0.2) is 40.7 Å². The number of carbonyl (C=O) groups is 2. The van der Waals surface area contributed by atoms with Crippen LogP contribution in [0.2, 0.25) is 0 Å². The van der Waals surface area contributed by atoms with E-state index in [1.807, 2.05) is 35.2 Å². The molecule has 5 N–H and O–H groups in total. The summed E-state index contributed by atoms with van der Waals surface area (Å²) in [5.74, 6) is -0.920. The van der Waals surface area contributed by atoms with E-state index in [0.717, 1.165) is 31.4 Å². The molecule has 0 aromatic heterocycles. The molecule has 30 heavy (non-hydrogen) atoms. The van der Waals surface area contributed by atoms with Crippen LogP contribution in [0.15, 0.2) is 48.5 Å². The molecule has 160 valence electrons. The second-order valence-corrected chi connectivity index (χ2v) is 7.81. The summed E-state index contributed by atoms with van der Waals surface area (Å²) >= 11 is 0. The van der Waals surface area contributed by atoms with Crippen LogP contribution in [0, 0.1) is 0 Å². The second-order valence-electron chi connectivity index (χ2n) is 7.81. The molecule has 7 nitrogen and oxygen atoms in total. The third kappa shape index (κ3) is 5.17. The number of aromatic hydroxyl groups is 1. The van der Waals surface area contributed by atoms with Gasteiger partial charge in [0.2, 0.25) is 5.91 Å². The zero-order valence-electron chi connectivity index (χ0n) is 17.1. The Morgan fingerprint density at radius 1 is 1.20 bits per heavy atom. The fourth-order valence-electron chi connectivity index (χ4n) is 4.18. The Kier molecular flexibility index (Phi) is 7.07. The molecule has 1 aliphatic rings. The Bertz CT molecular complexity index is 887. The smallest absolute Gasteiger partial charge is 0.252 e. The van der Waals surface area contributed by atoms with Gasteiger partial charge < -0.3 is 26.2 Å². The molecule has 1 fully saturated rings. The molecule has 1 saturated carbocycles. The van der Waals surface area contributed by atoms with Crippen molar-refractivity contribution in [2.75, 3.05) is 11.4 Å². The topological polar surface area (TPSA) is 116 Å². The highest BCUT2D eigenvalue weighted by molar-refractivity contribution is 5.95. The van der Waals surface area contributed by atoms with Crippen molar-refractivity contribution in [1.82, 2.24) is 5.32 Å². The summed E-state index contributed by atoms with van der Waals surface area (Å²) in [5, 5.41) is 23.6. The molecule has 0 bridgehead atoms. The Hall–Kier alpha value is -2.90. The maximum atomic E-state index is 12.3. The van der Waals surface area contributed by atoms with Gasteiger partial charge in [0, 0.05) is 31.2 Å². The van der Waals surface area contributed by atoms with Gasteiger partial charge in [-0.2, -0.15) is 0 Å². The predicted octanol–water partition coefficient (Wildman–Crippen LogP) is 2.48. The van der Waals surface area contributed by atoms with Gasteiger partial charge in [-0.3, -0.25) is 9.59 Å². The number of para-hydroxylation sites is 1. The summed E-state index contributed by atoms with van der Waals surface area (Å²) in [4.78, 5) is 25.6. The largest absolute Gasteiger partial charge is 0.507 e. The fourth-order valence-corrected chi connectivity index (χ4v) is 4.18. The summed E-state index contributed by atoms with van der Waals surface area (Å²) in [7, 11) is 0. The second kappa shape index (κ2) is 9.73. The fraction of sp³-hybridized carbons (Fsp3) is 0.391. The first-order valence-corrected chi connectivity index (χ1v) is 10.3. The first-order valence-electron chi connectivity index (χ1n) is 10.3. The molecule has 0 heterocycles. The van der Waals surface area contributed by atoms with Crippen LogP contribution in [0.4, 0.5) is 5.69 Å². The number of nitrogens with two attached hydrogens (primary N) is 1. The number of hydrogen-bond donors (Lipinski definition) is 4. The van der Waals surface area contributed by atoms with E-state index in [1.54, 1.807) is 13.0 Å². The van der Waals surface area contributed by atoms with Crippen LogP contribution >= 0.6 is 0 Å². The van der Waals surface area contributed by atoms with Gasteiger partial charge in [-0.25, -0.2) is 0 Å². The minimum atomic E-state index is -0.845. The molecule has 0 spiro atoms. The van der Waals surface area contributed by atoms with Crippen molar-refractivity contribution in [3.8, 4) is 5.75 Å². The van der Waals surface area contributed by atoms with Gasteiger partial charge in [0.05, 0.1) is 11.7 Å². The molecule has 3 atom stereocenters. The molecule has 0 saturated heterocycles. The number of primary amides is 1. The summed E-state index contributed by atoms with van der Waals surface area (Å²) in [6.07, 6.45) is 2.84. The number of hydrogen-bond acceptors (Lipinski definition) is 5. The lowest BCUT2D eigenvalue weighted by atomic mass is 9.89. The van der Waals surface area contributed by atoms with Crippen molar-refractivity contribution in [1.29, 1.82) is 0 Å². The number of benzene rings is 2. The van der Waals surface area contributed by atoms with E-state index in [2.05, 4.69) is 5.32 Å². The van der Waals surface area contributed by atoms with Crippen molar-refractivity contribution in [3.63, 3.8) is 0 Å². The van der Waals surface area contributed by atoms with E-state index in [9.17, 15) is 19.8 Å². The van der Waals surface area contributed by atoms with Crippen LogP contribution in [0.5, 0.6) is 5.75 Å². The zero-order valence-corrected chi connectivity index (χ0v) is 17.1. The average Bonchev–Trinajstić information content (AvgIpc) is 2.73. The summed E-state index contributed by atoms with van der Waals surface area (Å²) in [6.45, 7) is 1.89. The molecule has 3 unspecified atom stereocenters. The normalized spacial score (nSPS) is 19.8. The first-order chi connectivity index (χ1) is 14.4. The van der Waals surface area contributed by atoms with E-state index in [4.69, 9.17) is 5.73 Å². The SMILES string of the molecule is CC(=O)N(c1ccccc1)C1CCCC(NCC(O)c2ccc(O)c(C(N)=O)c2)C1. The molecular weight excluding hydrogens is 382 g/mol. The molecule has 0 aliphatic heterocycles. The van der Waals surface area contributed by atoms with Crippen molar-refractivity contribution >= 4 is 17.5 Å². The number of nitrogens with one attached hydrogen (secondary N) is 1. The lowest BCUT2D eigenvalue weighted by Crippen LogP contribution is -2.47. The van der Waals surface area contributed by atoms with Crippen LogP contribution in [0.3, 0.4) is 0 Å². The molecule has 1 aliphatic carbocycles. The minimum Gasteiger partial charge on any atom is -0.507 e. The lowest BCUT2D eigenvalue weighted by molar-refractivity contribution is -0.117. The monoisotopic (exact) mass is 411 g/mol. The van der Waals surface area contributed by atoms with Gasteiger partial charge in [-0.05, 0) is 55.5 Å². The number of aliphatic hydroxyl groups excluding tert-OH is 1. The van der Waals surface area contributed by atoms with E-state index in [1.165, 1.54) is 12.1 Å². The van der Waals surface area contributed by atoms with Crippen molar-refractivity contribution in [3.05, 3.63) is 59.7 Å². The van der Waals surface area contributed by atoms with E-state index in [-0.39, 0.29) is 29.3 Å². The standard InChI is InChI=1S/C23H29N3O4/c1-15(27)26(18-7-3-2-4-8-18)19-9-5-6-17(13-19)25-14-22(29)16-10-11-21(28)20(12-16)23(24)30/h2-4,7-8,10-12,17,19,22,25,28-29H,5-6,9,13-14H2,1H3,(H2,24,30). The maximum absolute atomic E-state index is 12.3. The molecule has 2 amide bonds. The maximum Gasteiger partial charge on any atom is 0.252 e. The Labute approximate surface area is 176 Å². The van der Waals surface area contributed by atoms with Gasteiger partial charge in [0.25, 0.3) is 5.91 Å². The predicted molar refractivity (Wildman–Crippen MR) is 115 cm³/mol. The molecule has 3 rings (SSSR count). The Morgan fingerprint density at radius 3 is 2.60 bits per heavy atom. The minimum absolute atomic E-state index is 0.00996. The molecule has 2 aromatic carbocycles. The van der Waals surface area contributed by atoms with Gasteiger partial charge in [-0.15, -0.1) is 0 Å². The van der Waals surface area contributed by atoms with Crippen molar-refractivity contribution < 1.29 is 19.8 Å². The Balaban J connectivity index is 1.63. The van der Waals surface area contributed by atoms with Crippen molar-refractivity contribution in [2.45, 2.75) is 50.8 Å². The molecular formula is C23H29N3O4. The summed E-state index contributed by atoms with van der Waals surface area (Å²) in [6, 6.07) is 14.3. The third-order valence-corrected chi connectivity index (χ3v) is 5.66.